The minimum Gasteiger partial charge on any atom is -0.326 e. The van der Waals surface area contributed by atoms with Gasteiger partial charge in [-0.05, 0) is 36.4 Å². The van der Waals surface area contributed by atoms with Gasteiger partial charge < -0.3 is 5.32 Å². The van der Waals surface area contributed by atoms with E-state index in [1.165, 1.54) is 6.92 Å². The Morgan fingerprint density at radius 3 is 2.52 bits per heavy atom. The molecule has 0 aliphatic rings. The van der Waals surface area contributed by atoms with Crippen LogP contribution in [0.2, 0.25) is 0 Å². The van der Waals surface area contributed by atoms with Crippen LogP contribution in [0.1, 0.15) is 6.92 Å². The van der Waals surface area contributed by atoms with Crippen LogP contribution in [0.5, 0.6) is 0 Å². The van der Waals surface area contributed by atoms with Gasteiger partial charge in [0.15, 0.2) is 5.65 Å². The second kappa shape index (κ2) is 6.12. The van der Waals surface area contributed by atoms with Crippen molar-refractivity contribution in [3.8, 4) is 22.8 Å². The lowest BCUT2D eigenvalue weighted by molar-refractivity contribution is -0.114. The van der Waals surface area contributed by atoms with Gasteiger partial charge in [0.1, 0.15) is 5.69 Å². The Labute approximate surface area is 143 Å². The minimum absolute atomic E-state index is 0.100. The molecule has 3 heterocycles. The summed E-state index contributed by atoms with van der Waals surface area (Å²) in [5, 5.41) is 15.7. The van der Waals surface area contributed by atoms with E-state index in [1.54, 1.807) is 10.7 Å². The maximum Gasteiger partial charge on any atom is 0.221 e. The lowest BCUT2D eigenvalue weighted by Crippen LogP contribution is -2.05. The SMILES string of the molecule is CC(=O)Nc1ccc(-c2ccc3nnc(-c4ccccn4)n3n2)cc1. The molecule has 0 fully saturated rings. The molecule has 3 aromatic heterocycles. The average Bonchev–Trinajstić information content (AvgIpc) is 3.06. The Balaban J connectivity index is 1.75. The Morgan fingerprint density at radius 2 is 1.80 bits per heavy atom. The second-order valence-electron chi connectivity index (χ2n) is 5.49. The molecule has 122 valence electrons. The highest BCUT2D eigenvalue weighted by Crippen LogP contribution is 2.21. The summed E-state index contributed by atoms with van der Waals surface area (Å²) in [4.78, 5) is 15.4. The van der Waals surface area contributed by atoms with Gasteiger partial charge >= 0.3 is 0 Å². The summed E-state index contributed by atoms with van der Waals surface area (Å²) in [6.07, 6.45) is 1.71. The number of rotatable bonds is 3. The van der Waals surface area contributed by atoms with E-state index in [0.29, 0.717) is 17.2 Å². The lowest BCUT2D eigenvalue weighted by atomic mass is 10.1. The van der Waals surface area contributed by atoms with Crippen LogP contribution >= 0.6 is 0 Å². The number of hydrogen-bond acceptors (Lipinski definition) is 5. The lowest BCUT2D eigenvalue weighted by Gasteiger charge is -2.05. The normalized spacial score (nSPS) is 10.8. The molecular weight excluding hydrogens is 316 g/mol. The van der Waals surface area contributed by atoms with Crippen molar-refractivity contribution in [1.29, 1.82) is 0 Å². The van der Waals surface area contributed by atoms with Crippen molar-refractivity contribution >= 4 is 17.2 Å². The molecule has 7 heteroatoms. The number of anilines is 1. The monoisotopic (exact) mass is 330 g/mol. The topological polar surface area (TPSA) is 85.1 Å². The second-order valence-corrected chi connectivity index (χ2v) is 5.49. The zero-order chi connectivity index (χ0) is 17.2. The molecule has 1 N–H and O–H groups in total. The average molecular weight is 330 g/mol. The number of aromatic nitrogens is 5. The summed E-state index contributed by atoms with van der Waals surface area (Å²) in [6.45, 7) is 1.48. The smallest absolute Gasteiger partial charge is 0.221 e. The van der Waals surface area contributed by atoms with Crippen LogP contribution in [0.15, 0.2) is 60.8 Å². The van der Waals surface area contributed by atoms with Gasteiger partial charge in [-0.25, -0.2) is 0 Å². The number of pyridine rings is 1. The minimum atomic E-state index is -0.100. The summed E-state index contributed by atoms with van der Waals surface area (Å²) >= 11 is 0. The fourth-order valence-corrected chi connectivity index (χ4v) is 2.53. The zero-order valence-corrected chi connectivity index (χ0v) is 13.4. The van der Waals surface area contributed by atoms with Gasteiger partial charge in [0.2, 0.25) is 11.7 Å². The van der Waals surface area contributed by atoms with E-state index in [9.17, 15) is 4.79 Å². The summed E-state index contributed by atoms with van der Waals surface area (Å²) in [5.74, 6) is 0.490. The standard InChI is InChI=1S/C18H14N6O/c1-12(25)20-14-7-5-13(6-8-14)15-9-10-17-21-22-18(24(17)23-15)16-4-2-3-11-19-16/h2-11H,1H3,(H,20,25). The largest absolute Gasteiger partial charge is 0.326 e. The molecule has 0 atom stereocenters. The molecule has 7 nitrogen and oxygen atoms in total. The number of carbonyl (C=O) groups excluding carboxylic acids is 1. The third-order valence-corrected chi connectivity index (χ3v) is 3.66. The highest BCUT2D eigenvalue weighted by Gasteiger charge is 2.11. The third-order valence-electron chi connectivity index (χ3n) is 3.66. The van der Waals surface area contributed by atoms with Gasteiger partial charge in [-0.3, -0.25) is 9.78 Å². The van der Waals surface area contributed by atoms with Crippen molar-refractivity contribution in [2.24, 2.45) is 0 Å². The molecule has 0 unspecified atom stereocenters. The molecule has 0 aliphatic heterocycles. The summed E-state index contributed by atoms with van der Waals surface area (Å²) in [7, 11) is 0. The number of nitrogens with zero attached hydrogens (tertiary/aromatic N) is 5. The van der Waals surface area contributed by atoms with Gasteiger partial charge in [-0.15, -0.1) is 10.2 Å². The third kappa shape index (κ3) is 2.94. The number of hydrogen-bond donors (Lipinski definition) is 1. The van der Waals surface area contributed by atoms with Crippen molar-refractivity contribution in [3.63, 3.8) is 0 Å². The molecule has 4 aromatic rings. The summed E-state index contributed by atoms with van der Waals surface area (Å²) < 4.78 is 1.68. The first-order valence-corrected chi connectivity index (χ1v) is 7.72. The van der Waals surface area contributed by atoms with E-state index in [2.05, 4.69) is 25.6 Å². The molecule has 1 aromatic carbocycles. The molecule has 0 bridgehead atoms. The number of nitrogens with one attached hydrogen (secondary N) is 1. The van der Waals surface area contributed by atoms with Gasteiger partial charge in [-0.2, -0.15) is 9.61 Å². The van der Waals surface area contributed by atoms with E-state index in [-0.39, 0.29) is 5.91 Å². The van der Waals surface area contributed by atoms with Gasteiger partial charge in [0, 0.05) is 24.4 Å². The van der Waals surface area contributed by atoms with E-state index in [0.717, 1.165) is 16.9 Å². The van der Waals surface area contributed by atoms with Crippen LogP contribution in [-0.4, -0.2) is 30.7 Å². The van der Waals surface area contributed by atoms with Crippen molar-refractivity contribution in [1.82, 2.24) is 24.8 Å². The van der Waals surface area contributed by atoms with Crippen LogP contribution in [0.3, 0.4) is 0 Å². The number of amides is 1. The van der Waals surface area contributed by atoms with Crippen LogP contribution in [0, 0.1) is 0 Å². The number of benzene rings is 1. The molecule has 0 aliphatic carbocycles. The fraction of sp³-hybridized carbons (Fsp3) is 0.0556. The van der Waals surface area contributed by atoms with Crippen LogP contribution in [0.4, 0.5) is 5.69 Å². The molecule has 0 spiro atoms. The molecule has 0 saturated heterocycles. The van der Waals surface area contributed by atoms with Gasteiger partial charge in [0.05, 0.1) is 5.69 Å². The first kappa shape index (κ1) is 14.9. The fourth-order valence-electron chi connectivity index (χ4n) is 2.53. The zero-order valence-electron chi connectivity index (χ0n) is 13.4. The first-order chi connectivity index (χ1) is 12.2. The highest BCUT2D eigenvalue weighted by atomic mass is 16.1. The van der Waals surface area contributed by atoms with E-state index >= 15 is 0 Å². The Hall–Kier alpha value is -3.61. The maximum absolute atomic E-state index is 11.1. The number of fused-ring (bicyclic) bond motifs is 1. The number of carbonyl (C=O) groups is 1. The summed E-state index contributed by atoms with van der Waals surface area (Å²) in [5.41, 5.74) is 3.81. The quantitative estimate of drug-likeness (QED) is 0.624. The molecule has 1 amide bonds. The molecule has 4 rings (SSSR count). The Morgan fingerprint density at radius 1 is 0.960 bits per heavy atom. The Kier molecular flexibility index (Phi) is 3.66. The maximum atomic E-state index is 11.1. The van der Waals surface area contributed by atoms with Gasteiger partial charge in [-0.1, -0.05) is 18.2 Å². The van der Waals surface area contributed by atoms with Crippen LogP contribution in [-0.2, 0) is 4.79 Å². The summed E-state index contributed by atoms with van der Waals surface area (Å²) in [6, 6.07) is 16.9. The van der Waals surface area contributed by atoms with Crippen molar-refractivity contribution < 1.29 is 4.79 Å². The van der Waals surface area contributed by atoms with Crippen molar-refractivity contribution in [3.05, 3.63) is 60.8 Å². The Bertz CT molecular complexity index is 1040. The molecular formula is C18H14N6O. The predicted molar refractivity (Wildman–Crippen MR) is 93.8 cm³/mol. The predicted octanol–water partition coefficient (Wildman–Crippen LogP) is 2.81. The van der Waals surface area contributed by atoms with Crippen LogP contribution < -0.4 is 5.32 Å². The molecule has 0 radical (unpaired) electrons. The van der Waals surface area contributed by atoms with Crippen molar-refractivity contribution in [2.75, 3.05) is 5.32 Å². The van der Waals surface area contributed by atoms with Gasteiger partial charge in [0.25, 0.3) is 0 Å². The first-order valence-electron chi connectivity index (χ1n) is 7.72. The van der Waals surface area contributed by atoms with E-state index in [1.807, 2.05) is 54.6 Å². The van der Waals surface area contributed by atoms with E-state index < -0.39 is 0 Å². The van der Waals surface area contributed by atoms with Crippen LogP contribution in [0.25, 0.3) is 28.4 Å². The van der Waals surface area contributed by atoms with Crippen molar-refractivity contribution in [2.45, 2.75) is 6.92 Å². The molecule has 0 saturated carbocycles. The highest BCUT2D eigenvalue weighted by molar-refractivity contribution is 5.88. The van der Waals surface area contributed by atoms with E-state index in [4.69, 9.17) is 0 Å². The molecule has 25 heavy (non-hydrogen) atoms.